The number of rotatable bonds is 16. The molecule has 0 aliphatic carbocycles. The van der Waals surface area contributed by atoms with E-state index in [0.717, 1.165) is 112 Å². The predicted molar refractivity (Wildman–Crippen MR) is 555 cm³/mol. The van der Waals surface area contributed by atoms with Gasteiger partial charge in [0, 0.05) is 147 Å². The number of anilines is 6. The number of aryl methyl sites for hydroxylation is 9. The molecule has 7 aromatic heterocycles. The molecule has 0 unspecified atom stereocenters. The van der Waals surface area contributed by atoms with E-state index >= 15 is 0 Å². The van der Waals surface area contributed by atoms with Crippen LogP contribution in [-0.4, -0.2) is 111 Å². The molecule has 144 heavy (non-hydrogen) atoms. The number of nitrogens with zero attached hydrogens (tertiary/aromatic N) is 14. The van der Waals surface area contributed by atoms with Gasteiger partial charge in [0.05, 0.1) is 46.8 Å². The number of alkyl halides is 3. The average Bonchev–Trinajstić information content (AvgIpc) is 0.900. The van der Waals surface area contributed by atoms with Crippen LogP contribution in [0.15, 0.2) is 341 Å². The quantitative estimate of drug-likeness (QED) is 0.0387. The van der Waals surface area contributed by atoms with E-state index in [9.17, 15) is 41.9 Å². The van der Waals surface area contributed by atoms with Gasteiger partial charge in [0.15, 0.2) is 0 Å². The van der Waals surface area contributed by atoms with Crippen LogP contribution in [0.1, 0.15) is 142 Å². The van der Waals surface area contributed by atoms with Crippen LogP contribution in [0.2, 0.25) is 0 Å². The number of halogens is 3. The molecule has 0 aliphatic heterocycles. The topological polar surface area (TPSA) is 317 Å². The zero-order chi connectivity index (χ0) is 102. The molecule has 7 heterocycles. The number of carbonyl (C=O) groups is 6. The van der Waals surface area contributed by atoms with Gasteiger partial charge in [-0.1, -0.05) is 169 Å². The lowest BCUT2D eigenvalue weighted by molar-refractivity contribution is -0.137. The van der Waals surface area contributed by atoms with Crippen LogP contribution in [0, 0.1) is 68.1 Å². The van der Waals surface area contributed by atoms with Gasteiger partial charge < -0.3 is 36.6 Å². The number of hydrogen-bond acceptors (Lipinski definition) is 15. The zero-order valence-electron chi connectivity index (χ0n) is 80.2. The number of benzene rings is 11. The Morgan fingerprint density at radius 2 is 0.674 bits per heavy atom. The van der Waals surface area contributed by atoms with Crippen molar-refractivity contribution in [3.63, 3.8) is 0 Å². The Bertz CT molecular complexity index is 7910. The number of methoxy groups -OCH3 is 1. The minimum Gasteiger partial charge on any atom is -0.495 e. The summed E-state index contributed by atoms with van der Waals surface area (Å²) in [5, 5.41) is 40.5. The third-order valence-corrected chi connectivity index (χ3v) is 21.6. The van der Waals surface area contributed by atoms with E-state index in [4.69, 9.17) is 4.74 Å². The summed E-state index contributed by atoms with van der Waals surface area (Å²) in [7, 11) is 11.8. The van der Waals surface area contributed by atoms with Crippen LogP contribution in [0.5, 0.6) is 5.75 Å². The second kappa shape index (κ2) is 49.4. The maximum Gasteiger partial charge on any atom is 0.418 e. The molecule has 0 fully saturated rings. The van der Waals surface area contributed by atoms with Gasteiger partial charge in [-0.15, -0.1) is 5.92 Å². The largest absolute Gasteiger partial charge is 0.495 e. The number of para-hydroxylation sites is 1. The third-order valence-electron chi connectivity index (χ3n) is 21.6. The fourth-order valence-electron chi connectivity index (χ4n) is 14.0. The summed E-state index contributed by atoms with van der Waals surface area (Å²) < 4.78 is 54.6. The highest BCUT2D eigenvalue weighted by molar-refractivity contribution is 6.07. The molecule has 6 N–H and O–H groups in total. The molecule has 27 nitrogen and oxygen atoms in total. The molecule has 0 saturated carbocycles. The maximum absolute atomic E-state index is 13.4. The number of hydrogen-bond donors (Lipinski definition) is 6. The first-order chi connectivity index (χ1) is 69.6. The van der Waals surface area contributed by atoms with Crippen molar-refractivity contribution >= 4 is 92.8 Å². The first-order valence-electron chi connectivity index (χ1n) is 44.8. The Labute approximate surface area is 830 Å². The molecule has 11 aromatic carbocycles. The summed E-state index contributed by atoms with van der Waals surface area (Å²) in [5.41, 5.74) is 19.1. The molecule has 0 aliphatic rings. The van der Waals surface area contributed by atoms with Crippen LogP contribution < -0.4 is 36.6 Å². The first kappa shape index (κ1) is 102. The summed E-state index contributed by atoms with van der Waals surface area (Å²) in [6, 6.07) is 90.1. The van der Waals surface area contributed by atoms with E-state index in [1.165, 1.54) is 50.2 Å². The number of carbonyl (C=O) groups excluding carboxylic acids is 6. The fourth-order valence-corrected chi connectivity index (χ4v) is 14.0. The monoisotopic (exact) mass is 1910 g/mol. The maximum atomic E-state index is 13.4. The number of nitrogens with one attached hydrogen (secondary N) is 6. The van der Waals surface area contributed by atoms with Gasteiger partial charge in [-0.05, 0) is 238 Å². The van der Waals surface area contributed by atoms with Gasteiger partial charge >= 0.3 is 6.18 Å². The highest BCUT2D eigenvalue weighted by atomic mass is 19.4. The van der Waals surface area contributed by atoms with Gasteiger partial charge in [-0.3, -0.25) is 61.8 Å². The van der Waals surface area contributed by atoms with E-state index in [1.54, 1.807) is 150 Å². The summed E-state index contributed by atoms with van der Waals surface area (Å²) in [5.74, 6) is 23.0. The average molecular weight is 1920 g/mol. The van der Waals surface area contributed by atoms with Crippen molar-refractivity contribution in [2.24, 2.45) is 42.3 Å². The Morgan fingerprint density at radius 3 is 1.10 bits per heavy atom. The second-order valence-electron chi connectivity index (χ2n) is 31.9. The molecule has 0 saturated heterocycles. The highest BCUT2D eigenvalue weighted by Crippen LogP contribution is 2.36. The summed E-state index contributed by atoms with van der Waals surface area (Å²) >= 11 is 0. The van der Waals surface area contributed by atoms with E-state index in [0.29, 0.717) is 39.7 Å². The normalized spacial score (nSPS) is 10.3. The van der Waals surface area contributed by atoms with Gasteiger partial charge in [0.25, 0.3) is 35.4 Å². The van der Waals surface area contributed by atoms with Crippen LogP contribution in [0.4, 0.5) is 47.3 Å². The summed E-state index contributed by atoms with van der Waals surface area (Å²) in [4.78, 5) is 82.3. The van der Waals surface area contributed by atoms with Crippen molar-refractivity contribution < 1.29 is 46.7 Å². The van der Waals surface area contributed by atoms with Gasteiger partial charge in [-0.25, -0.2) is 4.98 Å². The van der Waals surface area contributed by atoms with Crippen molar-refractivity contribution in [3.8, 4) is 64.4 Å². The molecule has 30 heteroatoms. The highest BCUT2D eigenvalue weighted by Gasteiger charge is 2.35. The minimum atomic E-state index is -4.64. The summed E-state index contributed by atoms with van der Waals surface area (Å²) in [6.07, 6.45) is 10.6. The summed E-state index contributed by atoms with van der Waals surface area (Å²) in [6.45, 7) is 7.67. The van der Waals surface area contributed by atoms with Crippen LogP contribution >= 0.6 is 0 Å². The molecule has 18 rings (SSSR count). The Morgan fingerprint density at radius 1 is 0.326 bits per heavy atom. The predicted octanol–water partition coefficient (Wildman–Crippen LogP) is 20.3. The number of ether oxygens (including phenoxy) is 1. The molecule has 18 aromatic rings. The van der Waals surface area contributed by atoms with Crippen molar-refractivity contribution in [2.45, 2.75) is 33.9 Å². The first-order valence-corrected chi connectivity index (χ1v) is 44.8. The lowest BCUT2D eigenvalue weighted by atomic mass is 10.1. The van der Waals surface area contributed by atoms with Gasteiger partial charge in [0.1, 0.15) is 39.9 Å². The lowest BCUT2D eigenvalue weighted by Gasteiger charge is -2.14. The zero-order valence-corrected chi connectivity index (χ0v) is 80.2. The van der Waals surface area contributed by atoms with Gasteiger partial charge in [-0.2, -0.15) is 43.8 Å². The van der Waals surface area contributed by atoms with E-state index in [2.05, 4.69) is 150 Å². The number of amides is 6. The van der Waals surface area contributed by atoms with Crippen molar-refractivity contribution in [1.82, 2.24) is 68.7 Å². The lowest BCUT2D eigenvalue weighted by Crippen LogP contribution is -2.19. The molecule has 0 atom stereocenters. The molecule has 0 radical (unpaired) electrons. The van der Waals surface area contributed by atoms with E-state index in [1.807, 2.05) is 221 Å². The second-order valence-corrected chi connectivity index (χ2v) is 31.9. The molecule has 716 valence electrons. The van der Waals surface area contributed by atoms with Gasteiger partial charge in [0.2, 0.25) is 0 Å². The molecular weight excluding hydrogens is 1820 g/mol. The SMILES string of the molecule is CC#Cc1ccc(NC(=O)c2ccnn2C)c(C)c1.COc1ccccc1C#Cc1ccc(NC(=O)c2ccnn2C)c(C)c1.Cc1cc(/C=C/c2ccccc2)ccc1NC(=O)c1ccnn1C.Cn1nccc1C(=O)Nc1ccc(C#Cc2ccccc2)cc1.Cn1nccc1C(=O)Nc1ccc(C#Cc2ccccc2)cc1C(F)(F)F.Cn1nccc1C(=O)Nc1ccc2nc(-c3ccccc3)cnc2c1. The van der Waals surface area contributed by atoms with Crippen molar-refractivity contribution in [1.29, 1.82) is 0 Å². The van der Waals surface area contributed by atoms with E-state index in [-0.39, 0.29) is 46.5 Å². The Balaban J connectivity index is 0.000000145. The smallest absolute Gasteiger partial charge is 0.418 e. The van der Waals surface area contributed by atoms with Crippen LogP contribution in [0.3, 0.4) is 0 Å². The van der Waals surface area contributed by atoms with Crippen molar-refractivity contribution in [2.75, 3.05) is 39.0 Å². The third kappa shape index (κ3) is 28.8. The number of fused-ring (bicyclic) bond motifs is 1. The minimum absolute atomic E-state index is 0.149. The van der Waals surface area contributed by atoms with Crippen molar-refractivity contribution in [3.05, 3.63) is 447 Å². The van der Waals surface area contributed by atoms with Crippen LogP contribution in [0.25, 0.3) is 34.4 Å². The Kier molecular flexibility index (Phi) is 35.0. The Hall–Kier alpha value is -19.6. The number of aromatic nitrogens is 14. The van der Waals surface area contributed by atoms with Crippen LogP contribution in [-0.2, 0) is 48.5 Å². The fraction of sp³-hybridized carbons (Fsp3) is 0.105. The molecule has 0 bridgehead atoms. The molecule has 6 amide bonds. The standard InChI is InChI=1S/C21H19N3O2.C20H14F3N3O.C20H19N3O.C19H15N5O.C19H15N3O.C15H15N3O/c1-15-14-16(8-10-17-6-4-5-7-20(17)26-3)9-11-18(15)23-21(25)19-12-13-22-24(19)2;1-26-18(11-12-24-26)19(27)25-17-10-9-15(13-16(17)20(21,22)23)8-7-14-5-3-2-4-6-14;1-15-14-17(9-8-16-6-4-3-5-7-16)10-11-18(15)22-20(24)19-12-13-21-23(19)2;1-24-18(9-10-21-24)19(25)22-14-7-8-15-16(11-14)20-12-17(23-15)13-5-3-2-4-6-13;1-22-18(13-14-20-22)19(23)21-17-11-9-16(10-12-17)8-7-15-5-3-2-4-6-15;1-4-5-12-6-7-13(11(2)10-12)17-15(19)14-8-9-16-18(14)3/h4-7,9,11-14H,1-3H3,(H,23,25);2-6,9-13H,1H3,(H,25,27);3-14H,1-2H3,(H,22,24);2-12H,1H3,(H,22,25);2-6,9-14H,1H3,(H,21,23);6-10H,1-3H3,(H,17,19)/b;;9-8+;;;. The van der Waals surface area contributed by atoms with E-state index < -0.39 is 17.6 Å². The molecule has 0 spiro atoms. The molecular formula is C114H97F3N20O7.